The van der Waals surface area contributed by atoms with Crippen LogP contribution in [0.1, 0.15) is 20.3 Å². The van der Waals surface area contributed by atoms with Gasteiger partial charge in [0.2, 0.25) is 5.91 Å². The van der Waals surface area contributed by atoms with Crippen LogP contribution in [-0.4, -0.2) is 23.5 Å². The fourth-order valence-electron chi connectivity index (χ4n) is 1.57. The molecule has 6 nitrogen and oxygen atoms in total. The summed E-state index contributed by atoms with van der Waals surface area (Å²) >= 11 is 5.76. The summed E-state index contributed by atoms with van der Waals surface area (Å²) in [4.78, 5) is 22.0. The molecular weight excluding hydrogens is 272 g/mol. The van der Waals surface area contributed by atoms with Crippen LogP contribution in [0.25, 0.3) is 0 Å². The van der Waals surface area contributed by atoms with Crippen molar-refractivity contribution in [2.75, 3.05) is 11.9 Å². The van der Waals surface area contributed by atoms with Gasteiger partial charge < -0.3 is 10.1 Å². The Hall–Kier alpha value is -1.66. The molecule has 7 heteroatoms. The Morgan fingerprint density at radius 2 is 2.26 bits per heavy atom. The number of halogens is 1. The van der Waals surface area contributed by atoms with Crippen molar-refractivity contribution < 1.29 is 14.5 Å². The number of amides is 1. The summed E-state index contributed by atoms with van der Waals surface area (Å²) in [5, 5.41) is 13.6. The van der Waals surface area contributed by atoms with Gasteiger partial charge in [0.05, 0.1) is 17.4 Å². The average Bonchev–Trinajstić information content (AvgIpc) is 2.28. The van der Waals surface area contributed by atoms with E-state index in [2.05, 4.69) is 5.32 Å². The second-order valence-corrected chi connectivity index (χ2v) is 4.37. The third-order valence-corrected chi connectivity index (χ3v) is 2.59. The van der Waals surface area contributed by atoms with Crippen molar-refractivity contribution in [2.45, 2.75) is 26.4 Å². The summed E-state index contributed by atoms with van der Waals surface area (Å²) in [7, 11) is 0. The Morgan fingerprint density at radius 3 is 2.84 bits per heavy atom. The predicted molar refractivity (Wildman–Crippen MR) is 72.4 cm³/mol. The molecule has 19 heavy (non-hydrogen) atoms. The fraction of sp³-hybridized carbons (Fsp3) is 0.417. The highest BCUT2D eigenvalue weighted by Gasteiger charge is 2.17. The lowest BCUT2D eigenvalue weighted by atomic mass is 10.2. The van der Waals surface area contributed by atoms with E-state index in [0.29, 0.717) is 11.6 Å². The number of carbonyl (C=O) groups is 1. The molecule has 0 unspecified atom stereocenters. The van der Waals surface area contributed by atoms with E-state index >= 15 is 0 Å². The van der Waals surface area contributed by atoms with Crippen molar-refractivity contribution in [1.29, 1.82) is 0 Å². The maximum Gasteiger partial charge on any atom is 0.292 e. The molecule has 0 bridgehead atoms. The van der Waals surface area contributed by atoms with Gasteiger partial charge in [-0.3, -0.25) is 14.9 Å². The average molecular weight is 287 g/mol. The van der Waals surface area contributed by atoms with E-state index in [0.717, 1.165) is 0 Å². The zero-order chi connectivity index (χ0) is 14.4. The van der Waals surface area contributed by atoms with Gasteiger partial charge in [0.15, 0.2) is 0 Å². The standard InChI is InChI=1S/C12H15ClN2O4/c1-3-19-8(2)6-12(16)14-10-7-9(13)4-5-11(10)15(17)18/h4-5,7-8H,3,6H2,1-2H3,(H,14,16)/t8-/m0/s1. The number of ether oxygens (including phenoxy) is 1. The first kappa shape index (κ1) is 15.4. The summed E-state index contributed by atoms with van der Waals surface area (Å²) in [6.45, 7) is 4.09. The van der Waals surface area contributed by atoms with Gasteiger partial charge in [0.25, 0.3) is 5.69 Å². The van der Waals surface area contributed by atoms with Crippen LogP contribution in [0.4, 0.5) is 11.4 Å². The van der Waals surface area contributed by atoms with Crippen molar-refractivity contribution in [3.8, 4) is 0 Å². The largest absolute Gasteiger partial charge is 0.378 e. The van der Waals surface area contributed by atoms with Crippen molar-refractivity contribution >= 4 is 28.9 Å². The molecule has 1 aromatic rings. The van der Waals surface area contributed by atoms with Gasteiger partial charge in [-0.1, -0.05) is 11.6 Å². The number of nitro benzene ring substituents is 1. The number of nitro groups is 1. The zero-order valence-corrected chi connectivity index (χ0v) is 11.4. The molecule has 0 aliphatic heterocycles. The number of hydrogen-bond donors (Lipinski definition) is 1. The first-order valence-electron chi connectivity index (χ1n) is 5.79. The molecule has 1 atom stereocenters. The van der Waals surface area contributed by atoms with E-state index in [4.69, 9.17) is 16.3 Å². The molecule has 0 aliphatic carbocycles. The van der Waals surface area contributed by atoms with E-state index in [9.17, 15) is 14.9 Å². The molecule has 104 valence electrons. The summed E-state index contributed by atoms with van der Waals surface area (Å²) < 4.78 is 5.23. The van der Waals surface area contributed by atoms with E-state index < -0.39 is 4.92 Å². The fourth-order valence-corrected chi connectivity index (χ4v) is 1.75. The molecule has 0 radical (unpaired) electrons. The number of rotatable bonds is 6. The topological polar surface area (TPSA) is 81.5 Å². The minimum atomic E-state index is -0.572. The van der Waals surface area contributed by atoms with E-state index in [1.165, 1.54) is 18.2 Å². The van der Waals surface area contributed by atoms with Crippen LogP contribution in [-0.2, 0) is 9.53 Å². The van der Waals surface area contributed by atoms with Crippen LogP contribution in [0.3, 0.4) is 0 Å². The van der Waals surface area contributed by atoms with Gasteiger partial charge in [-0.2, -0.15) is 0 Å². The zero-order valence-electron chi connectivity index (χ0n) is 10.7. The van der Waals surface area contributed by atoms with Gasteiger partial charge in [0, 0.05) is 17.7 Å². The SMILES string of the molecule is CCO[C@@H](C)CC(=O)Nc1cc(Cl)ccc1[N+](=O)[O-]. The Kier molecular flexibility index (Phi) is 5.72. The van der Waals surface area contributed by atoms with Gasteiger partial charge in [-0.05, 0) is 26.0 Å². The van der Waals surface area contributed by atoms with Gasteiger partial charge in [-0.15, -0.1) is 0 Å². The molecule has 1 amide bonds. The first-order chi connectivity index (χ1) is 8.93. The first-order valence-corrected chi connectivity index (χ1v) is 6.17. The Labute approximate surface area is 115 Å². The van der Waals surface area contributed by atoms with Gasteiger partial charge >= 0.3 is 0 Å². The second-order valence-electron chi connectivity index (χ2n) is 3.94. The highest BCUT2D eigenvalue weighted by molar-refractivity contribution is 6.31. The number of anilines is 1. The number of hydrogen-bond acceptors (Lipinski definition) is 4. The van der Waals surface area contributed by atoms with Crippen LogP contribution in [0, 0.1) is 10.1 Å². The maximum atomic E-state index is 11.7. The monoisotopic (exact) mass is 286 g/mol. The molecular formula is C12H15ClN2O4. The predicted octanol–water partition coefficient (Wildman–Crippen LogP) is 3.00. The second kappa shape index (κ2) is 7.06. The minimum absolute atomic E-state index is 0.0891. The summed E-state index contributed by atoms with van der Waals surface area (Å²) in [5.74, 6) is -0.355. The van der Waals surface area contributed by atoms with Crippen LogP contribution in [0.2, 0.25) is 5.02 Å². The summed E-state index contributed by atoms with van der Waals surface area (Å²) in [6, 6.07) is 4.00. The molecule has 1 N–H and O–H groups in total. The Balaban J connectivity index is 2.78. The molecule has 1 aromatic carbocycles. The maximum absolute atomic E-state index is 11.7. The molecule has 0 saturated carbocycles. The van der Waals surface area contributed by atoms with Crippen LogP contribution >= 0.6 is 11.6 Å². The highest BCUT2D eigenvalue weighted by Crippen LogP contribution is 2.27. The Morgan fingerprint density at radius 1 is 1.58 bits per heavy atom. The van der Waals surface area contributed by atoms with Crippen molar-refractivity contribution in [2.24, 2.45) is 0 Å². The van der Waals surface area contributed by atoms with Gasteiger partial charge in [-0.25, -0.2) is 0 Å². The molecule has 0 spiro atoms. The lowest BCUT2D eigenvalue weighted by Crippen LogP contribution is -2.20. The van der Waals surface area contributed by atoms with Crippen molar-refractivity contribution in [3.63, 3.8) is 0 Å². The van der Waals surface area contributed by atoms with Crippen molar-refractivity contribution in [3.05, 3.63) is 33.3 Å². The summed E-state index contributed by atoms with van der Waals surface area (Å²) in [5.41, 5.74) is -0.104. The number of nitrogens with zero attached hydrogens (tertiary/aromatic N) is 1. The van der Waals surface area contributed by atoms with E-state index in [1.54, 1.807) is 6.92 Å². The van der Waals surface area contributed by atoms with Crippen LogP contribution in [0.15, 0.2) is 18.2 Å². The number of nitrogens with one attached hydrogen (secondary N) is 1. The number of carbonyl (C=O) groups excluding carboxylic acids is 1. The Bertz CT molecular complexity index is 479. The van der Waals surface area contributed by atoms with Crippen LogP contribution in [0.5, 0.6) is 0 Å². The summed E-state index contributed by atoms with van der Waals surface area (Å²) in [6.07, 6.45) is -0.124. The van der Waals surface area contributed by atoms with Gasteiger partial charge in [0.1, 0.15) is 5.69 Å². The lowest BCUT2D eigenvalue weighted by molar-refractivity contribution is -0.383. The molecule has 0 saturated heterocycles. The molecule has 0 heterocycles. The lowest BCUT2D eigenvalue weighted by Gasteiger charge is -2.11. The third kappa shape index (κ3) is 4.84. The minimum Gasteiger partial charge on any atom is -0.378 e. The molecule has 0 aromatic heterocycles. The normalized spacial score (nSPS) is 11.9. The molecule has 1 rings (SSSR count). The quantitative estimate of drug-likeness (QED) is 0.644. The number of benzene rings is 1. The van der Waals surface area contributed by atoms with E-state index in [-0.39, 0.29) is 29.8 Å². The smallest absolute Gasteiger partial charge is 0.292 e. The van der Waals surface area contributed by atoms with Crippen molar-refractivity contribution in [1.82, 2.24) is 0 Å². The highest BCUT2D eigenvalue weighted by atomic mass is 35.5. The third-order valence-electron chi connectivity index (χ3n) is 2.35. The molecule has 0 aliphatic rings. The molecule has 0 fully saturated rings. The van der Waals surface area contributed by atoms with Crippen LogP contribution < -0.4 is 5.32 Å². The van der Waals surface area contributed by atoms with E-state index in [1.807, 2.05) is 6.92 Å².